The molecule has 2 aromatic carbocycles. The number of hydrogen-bond acceptors (Lipinski definition) is 3. The van der Waals surface area contributed by atoms with Crippen LogP contribution in [0.3, 0.4) is 0 Å². The van der Waals surface area contributed by atoms with E-state index >= 15 is 0 Å². The lowest BCUT2D eigenvalue weighted by Crippen LogP contribution is -2.24. The van der Waals surface area contributed by atoms with Crippen molar-refractivity contribution in [3.8, 4) is 5.75 Å². The van der Waals surface area contributed by atoms with E-state index in [1.165, 1.54) is 17.7 Å². The van der Waals surface area contributed by atoms with Gasteiger partial charge in [0.1, 0.15) is 5.75 Å². The Morgan fingerprint density at radius 2 is 1.52 bits per heavy atom. The number of carbonyl (C=O) groups excluding carboxylic acids is 1. The molecule has 0 aliphatic heterocycles. The number of ether oxygens (including phenoxy) is 1. The number of amides is 1. The van der Waals surface area contributed by atoms with Crippen molar-refractivity contribution in [3.05, 3.63) is 65.2 Å². The third-order valence-corrected chi connectivity index (χ3v) is 4.33. The van der Waals surface area contributed by atoms with Gasteiger partial charge in [-0.05, 0) is 41.9 Å². The fourth-order valence-electron chi connectivity index (χ4n) is 2.71. The minimum absolute atomic E-state index is 0.0824. The molecule has 0 saturated heterocycles. The Hall–Kier alpha value is -2.47. The molecule has 2 rings (SSSR count). The zero-order valence-corrected chi connectivity index (χ0v) is 15.8. The number of rotatable bonds is 10. The largest absolute Gasteiger partial charge is 0.435 e. The number of nitrogens with zero attached hydrogens (tertiary/aromatic N) is 1. The Balaban J connectivity index is 1.79. The van der Waals surface area contributed by atoms with Crippen LogP contribution in [0.2, 0.25) is 0 Å². The zero-order chi connectivity index (χ0) is 19.6. The summed E-state index contributed by atoms with van der Waals surface area (Å²) in [6.07, 6.45) is 0.189. The number of carbonyl (C=O) groups is 1. The first-order valence-electron chi connectivity index (χ1n) is 9.10. The van der Waals surface area contributed by atoms with E-state index < -0.39 is 6.61 Å². The Labute approximate surface area is 159 Å². The van der Waals surface area contributed by atoms with E-state index in [2.05, 4.69) is 40.9 Å². The second kappa shape index (κ2) is 10.6. The van der Waals surface area contributed by atoms with E-state index in [0.29, 0.717) is 6.54 Å². The predicted molar refractivity (Wildman–Crippen MR) is 102 cm³/mol. The summed E-state index contributed by atoms with van der Waals surface area (Å²) < 4.78 is 28.5. The van der Waals surface area contributed by atoms with Crippen LogP contribution >= 0.6 is 0 Å². The molecular weight excluding hydrogens is 350 g/mol. The number of halogens is 2. The molecule has 1 N–H and O–H groups in total. The molecule has 0 bridgehead atoms. The van der Waals surface area contributed by atoms with Gasteiger partial charge in [0.05, 0.1) is 6.42 Å². The molecule has 0 heterocycles. The number of benzene rings is 2. The highest BCUT2D eigenvalue weighted by atomic mass is 19.3. The molecule has 27 heavy (non-hydrogen) atoms. The van der Waals surface area contributed by atoms with Crippen LogP contribution in [0, 0.1) is 0 Å². The fourth-order valence-corrected chi connectivity index (χ4v) is 2.71. The number of alkyl halides is 2. The first-order valence-corrected chi connectivity index (χ1v) is 9.10. The van der Waals surface area contributed by atoms with Gasteiger partial charge in [-0.25, -0.2) is 0 Å². The minimum Gasteiger partial charge on any atom is -0.435 e. The van der Waals surface area contributed by atoms with E-state index in [4.69, 9.17) is 0 Å². The minimum atomic E-state index is -2.85. The second-order valence-corrected chi connectivity index (χ2v) is 6.25. The Bertz CT molecular complexity index is 699. The third-order valence-electron chi connectivity index (χ3n) is 4.33. The molecule has 146 valence electrons. The van der Waals surface area contributed by atoms with Crippen LogP contribution in [0.5, 0.6) is 5.75 Å². The van der Waals surface area contributed by atoms with Crippen LogP contribution in [0.15, 0.2) is 48.5 Å². The SMILES string of the molecule is CCN(CC)Cc1ccc(CNC(=O)Cc2ccc(OC(F)F)cc2)cc1. The maximum atomic E-state index is 12.1. The lowest BCUT2D eigenvalue weighted by atomic mass is 10.1. The molecule has 0 aliphatic rings. The van der Waals surface area contributed by atoms with Gasteiger partial charge in [0, 0.05) is 13.1 Å². The summed E-state index contributed by atoms with van der Waals surface area (Å²) in [6, 6.07) is 14.3. The van der Waals surface area contributed by atoms with Crippen LogP contribution in [0.4, 0.5) is 8.78 Å². The molecule has 2 aromatic rings. The molecule has 0 spiro atoms. The molecule has 0 saturated carbocycles. The van der Waals surface area contributed by atoms with Crippen LogP contribution in [-0.4, -0.2) is 30.5 Å². The van der Waals surface area contributed by atoms with Gasteiger partial charge in [-0.3, -0.25) is 9.69 Å². The highest BCUT2D eigenvalue weighted by Gasteiger charge is 2.07. The van der Waals surface area contributed by atoms with Crippen LogP contribution in [0.1, 0.15) is 30.5 Å². The number of hydrogen-bond donors (Lipinski definition) is 1. The van der Waals surface area contributed by atoms with Crippen molar-refractivity contribution in [3.63, 3.8) is 0 Å². The van der Waals surface area contributed by atoms with Gasteiger partial charge < -0.3 is 10.1 Å². The molecule has 0 unspecified atom stereocenters. The van der Waals surface area contributed by atoms with Gasteiger partial charge in [0.15, 0.2) is 0 Å². The molecule has 1 amide bonds. The monoisotopic (exact) mass is 376 g/mol. The number of nitrogens with one attached hydrogen (secondary N) is 1. The van der Waals surface area contributed by atoms with Crippen LogP contribution in [0.25, 0.3) is 0 Å². The summed E-state index contributed by atoms with van der Waals surface area (Å²) in [5.74, 6) is -0.0382. The summed E-state index contributed by atoms with van der Waals surface area (Å²) in [5, 5.41) is 2.88. The predicted octanol–water partition coefficient (Wildman–Crippen LogP) is 3.99. The quantitative estimate of drug-likeness (QED) is 0.682. The van der Waals surface area contributed by atoms with E-state index in [1.54, 1.807) is 12.1 Å². The zero-order valence-electron chi connectivity index (χ0n) is 15.8. The van der Waals surface area contributed by atoms with Crippen molar-refractivity contribution in [1.29, 1.82) is 0 Å². The average Bonchev–Trinajstić information content (AvgIpc) is 2.66. The van der Waals surface area contributed by atoms with E-state index in [-0.39, 0.29) is 18.1 Å². The molecular formula is C21H26F2N2O2. The maximum Gasteiger partial charge on any atom is 0.387 e. The Kier molecular flexibility index (Phi) is 8.20. The topological polar surface area (TPSA) is 41.6 Å². The molecule has 4 nitrogen and oxygen atoms in total. The first-order chi connectivity index (χ1) is 13.0. The average molecular weight is 376 g/mol. The van der Waals surface area contributed by atoms with Crippen molar-refractivity contribution >= 4 is 5.91 Å². The standard InChI is InChI=1S/C21H26F2N2O2/c1-3-25(4-2)15-18-7-5-17(6-8-18)14-24-20(26)13-16-9-11-19(12-10-16)27-21(22)23/h5-12,21H,3-4,13-15H2,1-2H3,(H,24,26). The van der Waals surface area contributed by atoms with E-state index in [0.717, 1.165) is 30.8 Å². The van der Waals surface area contributed by atoms with Gasteiger partial charge >= 0.3 is 6.61 Å². The summed E-state index contributed by atoms with van der Waals surface area (Å²) in [4.78, 5) is 14.4. The van der Waals surface area contributed by atoms with Gasteiger partial charge in [0.2, 0.25) is 5.91 Å². The Morgan fingerprint density at radius 1 is 0.963 bits per heavy atom. The van der Waals surface area contributed by atoms with Gasteiger partial charge in [-0.2, -0.15) is 8.78 Å². The lowest BCUT2D eigenvalue weighted by Gasteiger charge is -2.18. The van der Waals surface area contributed by atoms with Crippen molar-refractivity contribution in [1.82, 2.24) is 10.2 Å². The second-order valence-electron chi connectivity index (χ2n) is 6.25. The summed E-state index contributed by atoms with van der Waals surface area (Å²) in [7, 11) is 0. The van der Waals surface area contributed by atoms with Gasteiger partial charge in [-0.1, -0.05) is 50.2 Å². The highest BCUT2D eigenvalue weighted by Crippen LogP contribution is 2.15. The maximum absolute atomic E-state index is 12.1. The fraction of sp³-hybridized carbons (Fsp3) is 0.381. The molecule has 0 fully saturated rings. The molecule has 0 atom stereocenters. The molecule has 0 aliphatic carbocycles. The van der Waals surface area contributed by atoms with Crippen LogP contribution in [-0.2, 0) is 24.3 Å². The normalized spacial score (nSPS) is 11.0. The summed E-state index contributed by atoms with van der Waals surface area (Å²) >= 11 is 0. The summed E-state index contributed by atoms with van der Waals surface area (Å²) in [6.45, 7) is 4.85. The third kappa shape index (κ3) is 7.35. The highest BCUT2D eigenvalue weighted by molar-refractivity contribution is 5.78. The van der Waals surface area contributed by atoms with Gasteiger partial charge in [-0.15, -0.1) is 0 Å². The van der Waals surface area contributed by atoms with Crippen molar-refractivity contribution in [2.75, 3.05) is 13.1 Å². The van der Waals surface area contributed by atoms with Crippen molar-refractivity contribution in [2.45, 2.75) is 40.0 Å². The molecule has 0 aromatic heterocycles. The summed E-state index contributed by atoms with van der Waals surface area (Å²) in [5.41, 5.74) is 3.02. The van der Waals surface area contributed by atoms with Gasteiger partial charge in [0.25, 0.3) is 0 Å². The van der Waals surface area contributed by atoms with Crippen molar-refractivity contribution in [2.24, 2.45) is 0 Å². The Morgan fingerprint density at radius 3 is 2.07 bits per heavy atom. The van der Waals surface area contributed by atoms with E-state index in [9.17, 15) is 13.6 Å². The van der Waals surface area contributed by atoms with E-state index in [1.807, 2.05) is 12.1 Å². The van der Waals surface area contributed by atoms with Crippen LogP contribution < -0.4 is 10.1 Å². The smallest absolute Gasteiger partial charge is 0.387 e. The molecule has 6 heteroatoms. The first kappa shape index (κ1) is 20.8. The van der Waals surface area contributed by atoms with Crippen molar-refractivity contribution < 1.29 is 18.3 Å². The molecule has 0 radical (unpaired) electrons. The lowest BCUT2D eigenvalue weighted by molar-refractivity contribution is -0.120.